The molecular weight excluding hydrogens is 488 g/mol. The first-order valence-corrected chi connectivity index (χ1v) is 15.3. The number of rotatable bonds is 12. The number of carbonyl (C=O) groups is 2. The quantitative estimate of drug-likeness (QED) is 0.397. The second-order valence-corrected chi connectivity index (χ2v) is 12.2. The topological polar surface area (TPSA) is 92.8 Å². The summed E-state index contributed by atoms with van der Waals surface area (Å²) >= 11 is 0. The lowest BCUT2D eigenvalue weighted by molar-refractivity contribution is -0.142. The zero-order valence-electron chi connectivity index (χ0n) is 22.8. The fraction of sp³-hybridized carbons (Fsp3) is 0.929. The van der Waals surface area contributed by atoms with Gasteiger partial charge in [-0.25, -0.2) is 9.59 Å². The number of amides is 4. The van der Waals surface area contributed by atoms with Crippen LogP contribution >= 0.6 is 0 Å². The minimum Gasteiger partial charge on any atom is -0.374 e. The molecule has 214 valence electrons. The molecule has 0 aromatic carbocycles. The van der Waals surface area contributed by atoms with Crippen LogP contribution in [-0.4, -0.2) is 89.8 Å². The molecule has 6 aliphatic rings. The highest BCUT2D eigenvalue weighted by atomic mass is 16.5. The zero-order valence-corrected chi connectivity index (χ0v) is 22.8. The van der Waals surface area contributed by atoms with E-state index in [9.17, 15) is 9.59 Å². The highest BCUT2D eigenvalue weighted by Crippen LogP contribution is 2.41. The summed E-state index contributed by atoms with van der Waals surface area (Å²) in [6.45, 7) is 0.639. The van der Waals surface area contributed by atoms with Gasteiger partial charge in [-0.1, -0.05) is 51.4 Å². The van der Waals surface area contributed by atoms with Crippen molar-refractivity contribution in [2.75, 3.05) is 26.8 Å². The van der Waals surface area contributed by atoms with Crippen molar-refractivity contribution < 1.29 is 28.5 Å². The van der Waals surface area contributed by atoms with Gasteiger partial charge in [0, 0.05) is 0 Å². The van der Waals surface area contributed by atoms with E-state index < -0.39 is 11.8 Å². The van der Waals surface area contributed by atoms with Crippen molar-refractivity contribution in [2.45, 2.75) is 139 Å². The van der Waals surface area contributed by atoms with Crippen LogP contribution in [-0.2, 0) is 18.9 Å². The molecule has 6 rings (SSSR count). The Bertz CT molecular complexity index is 822. The van der Waals surface area contributed by atoms with Gasteiger partial charge in [0.05, 0.1) is 31.0 Å². The summed E-state index contributed by atoms with van der Waals surface area (Å²) in [7, 11) is 0. The maximum atomic E-state index is 14.1. The minimum absolute atomic E-state index is 0.128. The van der Waals surface area contributed by atoms with Crippen molar-refractivity contribution in [3.8, 4) is 0 Å². The van der Waals surface area contributed by atoms with Crippen molar-refractivity contribution in [3.05, 3.63) is 0 Å². The van der Waals surface area contributed by atoms with Crippen LogP contribution < -0.4 is 5.32 Å². The number of hydrogen-bond acceptors (Lipinski definition) is 6. The van der Waals surface area contributed by atoms with E-state index in [-0.39, 0.29) is 63.3 Å². The van der Waals surface area contributed by atoms with Crippen LogP contribution in [0.4, 0.5) is 9.59 Å². The summed E-state index contributed by atoms with van der Waals surface area (Å²) in [5.41, 5.74) is -1.05. The van der Waals surface area contributed by atoms with E-state index >= 15 is 0 Å². The van der Waals surface area contributed by atoms with Crippen LogP contribution in [0.3, 0.4) is 0 Å². The Balaban J connectivity index is 1.27. The lowest BCUT2D eigenvalue weighted by Crippen LogP contribution is -2.64. The van der Waals surface area contributed by atoms with Crippen molar-refractivity contribution in [1.82, 2.24) is 20.0 Å². The summed E-state index contributed by atoms with van der Waals surface area (Å²) in [6.07, 6.45) is 17.4. The number of nitrogens with one attached hydrogen (secondary N) is 1. The number of fused-ring (bicyclic) bond motifs is 1. The molecule has 4 aliphatic carbocycles. The van der Waals surface area contributed by atoms with Crippen LogP contribution in [0.15, 0.2) is 0 Å². The van der Waals surface area contributed by atoms with Crippen LogP contribution in [0.1, 0.15) is 103 Å². The van der Waals surface area contributed by atoms with E-state index in [4.69, 9.17) is 18.9 Å². The van der Waals surface area contributed by atoms with Gasteiger partial charge in [-0.05, 0) is 51.4 Å². The molecule has 2 unspecified atom stereocenters. The fourth-order valence-electron chi connectivity index (χ4n) is 7.39. The second kappa shape index (κ2) is 11.9. The molecule has 4 amide bonds. The van der Waals surface area contributed by atoms with Gasteiger partial charge in [0.25, 0.3) is 0 Å². The molecule has 2 atom stereocenters. The van der Waals surface area contributed by atoms with Gasteiger partial charge >= 0.3 is 12.1 Å². The molecule has 0 aromatic rings. The molecule has 2 saturated heterocycles. The molecule has 10 nitrogen and oxygen atoms in total. The van der Waals surface area contributed by atoms with Crippen molar-refractivity contribution in [3.63, 3.8) is 0 Å². The number of nitrogens with zero attached hydrogens (tertiary/aromatic N) is 3. The van der Waals surface area contributed by atoms with E-state index in [2.05, 4.69) is 5.32 Å². The Kier molecular flexibility index (Phi) is 8.30. The van der Waals surface area contributed by atoms with Gasteiger partial charge in [-0.2, -0.15) is 0 Å². The Morgan fingerprint density at radius 3 is 1.53 bits per heavy atom. The average molecular weight is 535 g/mol. The highest BCUT2D eigenvalue weighted by Gasteiger charge is 2.67. The van der Waals surface area contributed by atoms with Gasteiger partial charge in [0.15, 0.2) is 11.8 Å². The molecule has 4 saturated carbocycles. The molecule has 6 fully saturated rings. The van der Waals surface area contributed by atoms with Gasteiger partial charge in [0.1, 0.15) is 20.2 Å². The summed E-state index contributed by atoms with van der Waals surface area (Å²) in [5.74, 6) is 0. The fourth-order valence-corrected chi connectivity index (χ4v) is 7.39. The summed E-state index contributed by atoms with van der Waals surface area (Å²) in [5, 5.41) is 3.13. The molecule has 10 heteroatoms. The predicted molar refractivity (Wildman–Crippen MR) is 139 cm³/mol. The Labute approximate surface area is 226 Å². The van der Waals surface area contributed by atoms with Gasteiger partial charge in [-0.15, -0.1) is 0 Å². The van der Waals surface area contributed by atoms with E-state index in [0.717, 1.165) is 103 Å². The number of hydrogen-bond donors (Lipinski definition) is 1. The maximum absolute atomic E-state index is 14.1. The van der Waals surface area contributed by atoms with Crippen LogP contribution in [0.2, 0.25) is 0 Å². The smallest absolute Gasteiger partial charge is 0.327 e. The number of carbonyl (C=O) groups excluding carboxylic acids is 2. The Morgan fingerprint density at radius 2 is 1.03 bits per heavy atom. The molecule has 0 bridgehead atoms. The third-order valence-electron chi connectivity index (χ3n) is 9.73. The monoisotopic (exact) mass is 534 g/mol. The molecular formula is C28H46N4O6. The highest BCUT2D eigenvalue weighted by molar-refractivity contribution is 5.86. The van der Waals surface area contributed by atoms with Crippen molar-refractivity contribution >= 4 is 12.1 Å². The molecule has 0 spiro atoms. The predicted octanol–water partition coefficient (Wildman–Crippen LogP) is 4.48. The normalized spacial score (nSPS) is 31.5. The number of urea groups is 2. The van der Waals surface area contributed by atoms with Gasteiger partial charge in [0.2, 0.25) is 0 Å². The third-order valence-corrected chi connectivity index (χ3v) is 9.73. The molecule has 2 aliphatic heterocycles. The Morgan fingerprint density at radius 1 is 0.605 bits per heavy atom. The summed E-state index contributed by atoms with van der Waals surface area (Å²) < 4.78 is 25.3. The SMILES string of the molecule is O=C1NC2N(COC3CCCC3)C(=O)N(COC3CCCC3)C2(COC2CCCC2)N1COC1CCCC1. The largest absolute Gasteiger partial charge is 0.374 e. The standard InChI is InChI=1S/C28H46N4O6/c33-26-29-25-28(17-35-21-9-1-2-10-21,31(26)19-37-23-13-5-6-14-23)32(20-38-24-15-7-8-16-24)27(34)30(25)18-36-22-11-3-4-12-22/h21-25H,1-20H2,(H,29,33). The lowest BCUT2D eigenvalue weighted by atomic mass is 10.1. The zero-order chi connectivity index (χ0) is 26.0. The van der Waals surface area contributed by atoms with Gasteiger partial charge < -0.3 is 24.3 Å². The molecule has 38 heavy (non-hydrogen) atoms. The van der Waals surface area contributed by atoms with E-state index in [0.29, 0.717) is 0 Å². The van der Waals surface area contributed by atoms with E-state index in [1.54, 1.807) is 14.7 Å². The van der Waals surface area contributed by atoms with E-state index in [1.165, 1.54) is 0 Å². The van der Waals surface area contributed by atoms with Crippen LogP contribution in [0.25, 0.3) is 0 Å². The second-order valence-electron chi connectivity index (χ2n) is 12.2. The number of ether oxygens (including phenoxy) is 4. The van der Waals surface area contributed by atoms with Crippen LogP contribution in [0, 0.1) is 0 Å². The minimum atomic E-state index is -1.05. The first-order valence-electron chi connectivity index (χ1n) is 15.3. The molecule has 2 heterocycles. The Hall–Kier alpha value is -1.62. The first-order chi connectivity index (χ1) is 18.6. The van der Waals surface area contributed by atoms with Crippen molar-refractivity contribution in [1.29, 1.82) is 0 Å². The van der Waals surface area contributed by atoms with Crippen LogP contribution in [0.5, 0.6) is 0 Å². The third kappa shape index (κ3) is 5.25. The maximum Gasteiger partial charge on any atom is 0.327 e. The summed E-state index contributed by atoms with van der Waals surface area (Å²) in [6, 6.07) is -0.404. The summed E-state index contributed by atoms with van der Waals surface area (Å²) in [4.78, 5) is 32.7. The molecule has 0 radical (unpaired) electrons. The average Bonchev–Trinajstić information content (AvgIpc) is 3.74. The lowest BCUT2D eigenvalue weighted by Gasteiger charge is -2.42. The molecule has 0 aromatic heterocycles. The van der Waals surface area contributed by atoms with E-state index in [1.807, 2.05) is 0 Å². The van der Waals surface area contributed by atoms with Crippen molar-refractivity contribution in [2.24, 2.45) is 0 Å². The van der Waals surface area contributed by atoms with Gasteiger partial charge in [-0.3, -0.25) is 14.7 Å². The first kappa shape index (κ1) is 26.6. The molecule has 1 N–H and O–H groups in total.